The van der Waals surface area contributed by atoms with Crippen molar-refractivity contribution in [3.05, 3.63) is 0 Å². The molecule has 0 saturated carbocycles. The van der Waals surface area contributed by atoms with Crippen LogP contribution in [0, 0.1) is 11.8 Å². The number of likely N-dealkylation sites (tertiary alicyclic amines) is 1. The summed E-state index contributed by atoms with van der Waals surface area (Å²) in [4.78, 5) is 13.8. The number of hydrogen-bond donors (Lipinski definition) is 0. The summed E-state index contributed by atoms with van der Waals surface area (Å²) in [6.07, 6.45) is 1.78. The summed E-state index contributed by atoms with van der Waals surface area (Å²) in [6.45, 7) is 5.33. The van der Waals surface area contributed by atoms with E-state index in [4.69, 9.17) is 16.3 Å². The second-order valence-corrected chi connectivity index (χ2v) is 5.03. The third kappa shape index (κ3) is 2.28. The molecule has 0 aromatic heterocycles. The fourth-order valence-electron chi connectivity index (χ4n) is 2.43. The Kier molecular flexibility index (Phi) is 3.52. The molecule has 0 aromatic rings. The Morgan fingerprint density at radius 3 is 3.00 bits per heavy atom. The van der Waals surface area contributed by atoms with E-state index < -0.39 is 0 Å². The second kappa shape index (κ2) is 4.71. The summed E-state index contributed by atoms with van der Waals surface area (Å²) in [6, 6.07) is 0. The zero-order valence-electron chi connectivity index (χ0n) is 9.12. The maximum absolute atomic E-state index is 11.9. The van der Waals surface area contributed by atoms with Gasteiger partial charge in [0.2, 0.25) is 5.91 Å². The van der Waals surface area contributed by atoms with E-state index in [1.54, 1.807) is 0 Å². The van der Waals surface area contributed by atoms with Gasteiger partial charge in [0.25, 0.3) is 0 Å². The Bertz CT molecular complexity index is 247. The minimum Gasteiger partial charge on any atom is -0.381 e. The average molecular weight is 232 g/mol. The molecule has 2 saturated heterocycles. The highest BCUT2D eigenvalue weighted by Crippen LogP contribution is 2.29. The fraction of sp³-hybridized carbons (Fsp3) is 0.909. The maximum Gasteiger partial charge on any atom is 0.240 e. The number of carbonyl (C=O) groups is 1. The van der Waals surface area contributed by atoms with Crippen molar-refractivity contribution in [1.29, 1.82) is 0 Å². The molecule has 4 heteroatoms. The monoisotopic (exact) mass is 231 g/mol. The third-order valence-corrected chi connectivity index (χ3v) is 3.99. The minimum absolute atomic E-state index is 0.101. The van der Waals surface area contributed by atoms with Crippen molar-refractivity contribution in [1.82, 2.24) is 4.90 Å². The first-order valence-electron chi connectivity index (χ1n) is 5.73. The lowest BCUT2D eigenvalue weighted by atomic mass is 9.88. The SMILES string of the molecule is CCC(Cl)C(=O)N1CCC2COCC2C1. The zero-order chi connectivity index (χ0) is 10.8. The van der Waals surface area contributed by atoms with Gasteiger partial charge in [0.1, 0.15) is 5.38 Å². The van der Waals surface area contributed by atoms with Crippen LogP contribution in [0.1, 0.15) is 19.8 Å². The molecule has 2 aliphatic rings. The summed E-state index contributed by atoms with van der Waals surface area (Å²) in [5.41, 5.74) is 0. The molecular formula is C11H18ClNO2. The topological polar surface area (TPSA) is 29.5 Å². The maximum atomic E-state index is 11.9. The van der Waals surface area contributed by atoms with E-state index in [-0.39, 0.29) is 11.3 Å². The summed E-state index contributed by atoms with van der Waals surface area (Å²) < 4.78 is 5.44. The first-order valence-corrected chi connectivity index (χ1v) is 6.16. The molecule has 3 atom stereocenters. The standard InChI is InChI=1S/C11H18ClNO2/c1-2-10(12)11(14)13-4-3-8-6-15-7-9(8)5-13/h8-10H,2-7H2,1H3. The number of fused-ring (bicyclic) bond motifs is 1. The van der Waals surface area contributed by atoms with E-state index in [0.717, 1.165) is 32.7 Å². The molecule has 15 heavy (non-hydrogen) atoms. The number of carbonyl (C=O) groups excluding carboxylic acids is 1. The Hall–Kier alpha value is -0.280. The molecule has 0 radical (unpaired) electrons. The van der Waals surface area contributed by atoms with Crippen molar-refractivity contribution < 1.29 is 9.53 Å². The molecule has 2 rings (SSSR count). The number of amides is 1. The van der Waals surface area contributed by atoms with Crippen LogP contribution < -0.4 is 0 Å². The third-order valence-electron chi connectivity index (χ3n) is 3.49. The van der Waals surface area contributed by atoms with Gasteiger partial charge < -0.3 is 9.64 Å². The van der Waals surface area contributed by atoms with Gasteiger partial charge in [-0.1, -0.05) is 6.92 Å². The second-order valence-electron chi connectivity index (χ2n) is 4.51. The number of nitrogens with zero attached hydrogens (tertiary/aromatic N) is 1. The summed E-state index contributed by atoms with van der Waals surface area (Å²) in [7, 11) is 0. The van der Waals surface area contributed by atoms with Crippen LogP contribution >= 0.6 is 11.6 Å². The van der Waals surface area contributed by atoms with Gasteiger partial charge in [0.15, 0.2) is 0 Å². The molecule has 3 nitrogen and oxygen atoms in total. The lowest BCUT2D eigenvalue weighted by Gasteiger charge is -2.34. The molecule has 2 heterocycles. The van der Waals surface area contributed by atoms with Crippen LogP contribution in [0.3, 0.4) is 0 Å². The van der Waals surface area contributed by atoms with Gasteiger partial charge in [-0.05, 0) is 18.8 Å². The fourth-order valence-corrected chi connectivity index (χ4v) is 2.57. The quantitative estimate of drug-likeness (QED) is 0.675. The smallest absolute Gasteiger partial charge is 0.240 e. The van der Waals surface area contributed by atoms with Crippen LogP contribution in [-0.4, -0.2) is 42.5 Å². The van der Waals surface area contributed by atoms with Crippen molar-refractivity contribution in [3.63, 3.8) is 0 Å². The van der Waals surface area contributed by atoms with Crippen molar-refractivity contribution in [2.24, 2.45) is 11.8 Å². The van der Waals surface area contributed by atoms with Gasteiger partial charge in [-0.3, -0.25) is 4.79 Å². The molecular weight excluding hydrogens is 214 g/mol. The molecule has 0 spiro atoms. The number of rotatable bonds is 2. The van der Waals surface area contributed by atoms with Crippen molar-refractivity contribution >= 4 is 17.5 Å². The van der Waals surface area contributed by atoms with E-state index >= 15 is 0 Å². The first kappa shape index (κ1) is 11.2. The van der Waals surface area contributed by atoms with Crippen LogP contribution in [0.2, 0.25) is 0 Å². The Morgan fingerprint density at radius 2 is 2.27 bits per heavy atom. The largest absolute Gasteiger partial charge is 0.381 e. The Balaban J connectivity index is 1.92. The lowest BCUT2D eigenvalue weighted by molar-refractivity contribution is -0.133. The van der Waals surface area contributed by atoms with Gasteiger partial charge in [-0.25, -0.2) is 0 Å². The molecule has 1 amide bonds. The van der Waals surface area contributed by atoms with Gasteiger partial charge >= 0.3 is 0 Å². The van der Waals surface area contributed by atoms with E-state index in [2.05, 4.69) is 0 Å². The van der Waals surface area contributed by atoms with Crippen LogP contribution in [0.25, 0.3) is 0 Å². The first-order chi connectivity index (χ1) is 7.22. The number of halogens is 1. The van der Waals surface area contributed by atoms with Gasteiger partial charge in [-0.2, -0.15) is 0 Å². The number of alkyl halides is 1. The van der Waals surface area contributed by atoms with E-state index in [0.29, 0.717) is 18.3 Å². The number of hydrogen-bond acceptors (Lipinski definition) is 2. The van der Waals surface area contributed by atoms with Crippen LogP contribution in [0.4, 0.5) is 0 Å². The minimum atomic E-state index is -0.344. The predicted octanol–water partition coefficient (Wildman–Crippen LogP) is 1.50. The van der Waals surface area contributed by atoms with Crippen LogP contribution in [-0.2, 0) is 9.53 Å². The van der Waals surface area contributed by atoms with Crippen molar-refractivity contribution in [2.75, 3.05) is 26.3 Å². The predicted molar refractivity (Wildman–Crippen MR) is 58.9 cm³/mol. The zero-order valence-corrected chi connectivity index (χ0v) is 9.87. The van der Waals surface area contributed by atoms with Crippen LogP contribution in [0.15, 0.2) is 0 Å². The van der Waals surface area contributed by atoms with E-state index in [1.165, 1.54) is 0 Å². The van der Waals surface area contributed by atoms with Crippen molar-refractivity contribution in [3.8, 4) is 0 Å². The highest BCUT2D eigenvalue weighted by molar-refractivity contribution is 6.30. The molecule has 0 aliphatic carbocycles. The molecule has 3 unspecified atom stereocenters. The summed E-state index contributed by atoms with van der Waals surface area (Å²) in [5, 5.41) is -0.344. The summed E-state index contributed by atoms with van der Waals surface area (Å²) in [5.74, 6) is 1.32. The Morgan fingerprint density at radius 1 is 1.53 bits per heavy atom. The lowest BCUT2D eigenvalue weighted by Crippen LogP contribution is -2.46. The number of ether oxygens (including phenoxy) is 1. The molecule has 2 aliphatic heterocycles. The van der Waals surface area contributed by atoms with E-state index in [9.17, 15) is 4.79 Å². The number of piperidine rings is 1. The highest BCUT2D eigenvalue weighted by Gasteiger charge is 2.36. The van der Waals surface area contributed by atoms with Gasteiger partial charge in [-0.15, -0.1) is 11.6 Å². The van der Waals surface area contributed by atoms with Crippen molar-refractivity contribution in [2.45, 2.75) is 25.1 Å². The normalized spacial score (nSPS) is 32.5. The molecule has 2 fully saturated rings. The molecule has 86 valence electrons. The van der Waals surface area contributed by atoms with E-state index in [1.807, 2.05) is 11.8 Å². The average Bonchev–Trinajstić information content (AvgIpc) is 2.73. The molecule has 0 bridgehead atoms. The van der Waals surface area contributed by atoms with Gasteiger partial charge in [0.05, 0.1) is 6.61 Å². The summed E-state index contributed by atoms with van der Waals surface area (Å²) >= 11 is 5.97. The highest BCUT2D eigenvalue weighted by atomic mass is 35.5. The Labute approximate surface area is 95.7 Å². The van der Waals surface area contributed by atoms with Gasteiger partial charge in [0, 0.05) is 25.6 Å². The van der Waals surface area contributed by atoms with Crippen LogP contribution in [0.5, 0.6) is 0 Å². The molecule has 0 aromatic carbocycles. The molecule has 0 N–H and O–H groups in total.